The predicted octanol–water partition coefficient (Wildman–Crippen LogP) is 2.30. The van der Waals surface area contributed by atoms with Crippen molar-refractivity contribution in [2.75, 3.05) is 12.4 Å². The molecule has 7 nitrogen and oxygen atoms in total. The smallest absolute Gasteiger partial charge is 0.273 e. The van der Waals surface area contributed by atoms with Gasteiger partial charge in [-0.05, 0) is 18.2 Å². The number of nitrogens with zero attached hydrogens (tertiary/aromatic N) is 1. The lowest BCUT2D eigenvalue weighted by atomic mass is 10.2. The molecule has 2 aromatic rings. The molecule has 0 unspecified atom stereocenters. The summed E-state index contributed by atoms with van der Waals surface area (Å²) in [6, 6.07) is 7.75. The zero-order valence-electron chi connectivity index (χ0n) is 10.8. The van der Waals surface area contributed by atoms with E-state index in [9.17, 15) is 10.1 Å². The summed E-state index contributed by atoms with van der Waals surface area (Å²) in [5, 5.41) is 22.7. The van der Waals surface area contributed by atoms with E-state index < -0.39 is 4.92 Å². The number of non-ortho nitro benzene ring substituents is 1. The second-order valence-corrected chi connectivity index (χ2v) is 4.02. The molecular formula is C13H14N2O5. The summed E-state index contributed by atoms with van der Waals surface area (Å²) < 4.78 is 10.4. The number of nitro groups is 1. The van der Waals surface area contributed by atoms with Gasteiger partial charge in [0.25, 0.3) is 5.69 Å². The van der Waals surface area contributed by atoms with Crippen LogP contribution in [0.1, 0.15) is 11.5 Å². The van der Waals surface area contributed by atoms with Crippen molar-refractivity contribution in [1.82, 2.24) is 0 Å². The van der Waals surface area contributed by atoms with E-state index in [1.807, 2.05) is 0 Å². The number of benzene rings is 1. The summed E-state index contributed by atoms with van der Waals surface area (Å²) in [5.41, 5.74) is 0.591. The second kappa shape index (κ2) is 6.07. The van der Waals surface area contributed by atoms with E-state index in [1.54, 1.807) is 18.2 Å². The zero-order valence-corrected chi connectivity index (χ0v) is 10.8. The maximum absolute atomic E-state index is 10.7. The first-order chi connectivity index (χ1) is 9.63. The fraction of sp³-hybridized carbons (Fsp3) is 0.231. The van der Waals surface area contributed by atoms with Gasteiger partial charge < -0.3 is 19.6 Å². The van der Waals surface area contributed by atoms with Crippen molar-refractivity contribution in [3.8, 4) is 5.75 Å². The molecule has 0 atom stereocenters. The van der Waals surface area contributed by atoms with Crippen LogP contribution in [-0.2, 0) is 13.2 Å². The number of hydrogen-bond acceptors (Lipinski definition) is 6. The highest BCUT2D eigenvalue weighted by Gasteiger charge is 2.11. The quantitative estimate of drug-likeness (QED) is 0.621. The highest BCUT2D eigenvalue weighted by atomic mass is 16.6. The fourth-order valence-corrected chi connectivity index (χ4v) is 1.72. The Kier molecular flexibility index (Phi) is 4.21. The molecular weight excluding hydrogens is 264 g/mol. The number of hydrogen-bond donors (Lipinski definition) is 2. The van der Waals surface area contributed by atoms with Gasteiger partial charge >= 0.3 is 0 Å². The zero-order chi connectivity index (χ0) is 14.5. The third-order valence-electron chi connectivity index (χ3n) is 2.72. The minimum absolute atomic E-state index is 0.0343. The van der Waals surface area contributed by atoms with Crippen LogP contribution in [0.4, 0.5) is 11.4 Å². The van der Waals surface area contributed by atoms with E-state index in [4.69, 9.17) is 14.3 Å². The van der Waals surface area contributed by atoms with Crippen LogP contribution < -0.4 is 10.1 Å². The van der Waals surface area contributed by atoms with Crippen molar-refractivity contribution in [3.05, 3.63) is 52.0 Å². The number of nitro benzene ring substituents is 1. The Hall–Kier alpha value is -2.54. The monoisotopic (exact) mass is 278 g/mol. The Morgan fingerprint density at radius 1 is 1.35 bits per heavy atom. The van der Waals surface area contributed by atoms with Gasteiger partial charge in [-0.2, -0.15) is 0 Å². The number of rotatable bonds is 6. The highest BCUT2D eigenvalue weighted by molar-refractivity contribution is 5.60. The van der Waals surface area contributed by atoms with E-state index >= 15 is 0 Å². The van der Waals surface area contributed by atoms with Crippen LogP contribution in [0.3, 0.4) is 0 Å². The van der Waals surface area contributed by atoms with Crippen LogP contribution in [0.25, 0.3) is 0 Å². The Morgan fingerprint density at radius 3 is 2.70 bits per heavy atom. The predicted molar refractivity (Wildman–Crippen MR) is 71.6 cm³/mol. The molecule has 0 fully saturated rings. The average Bonchev–Trinajstić information content (AvgIpc) is 2.92. The number of furan rings is 1. The number of aliphatic hydroxyl groups excluding tert-OH is 1. The molecule has 1 heterocycles. The molecule has 2 rings (SSSR count). The second-order valence-electron chi connectivity index (χ2n) is 4.02. The van der Waals surface area contributed by atoms with Crippen molar-refractivity contribution in [3.63, 3.8) is 0 Å². The van der Waals surface area contributed by atoms with Gasteiger partial charge in [-0.15, -0.1) is 0 Å². The molecule has 2 N–H and O–H groups in total. The molecule has 0 radical (unpaired) electrons. The summed E-state index contributed by atoms with van der Waals surface area (Å²) in [5.74, 6) is 1.51. The molecule has 0 bridgehead atoms. The molecule has 0 amide bonds. The summed E-state index contributed by atoms with van der Waals surface area (Å²) in [4.78, 5) is 10.2. The fourth-order valence-electron chi connectivity index (χ4n) is 1.72. The van der Waals surface area contributed by atoms with Crippen molar-refractivity contribution >= 4 is 11.4 Å². The SMILES string of the molecule is COc1cc([N+](=O)[O-])ccc1NCc1ccc(CO)o1. The number of anilines is 1. The molecule has 0 saturated carbocycles. The third kappa shape index (κ3) is 3.07. The third-order valence-corrected chi connectivity index (χ3v) is 2.72. The molecule has 20 heavy (non-hydrogen) atoms. The minimum Gasteiger partial charge on any atom is -0.494 e. The van der Waals surface area contributed by atoms with Crippen LogP contribution >= 0.6 is 0 Å². The lowest BCUT2D eigenvalue weighted by molar-refractivity contribution is -0.384. The number of nitrogens with one attached hydrogen (secondary N) is 1. The van der Waals surface area contributed by atoms with Crippen LogP contribution in [0.5, 0.6) is 5.75 Å². The average molecular weight is 278 g/mol. The Bertz CT molecular complexity index is 609. The molecule has 1 aromatic heterocycles. The van der Waals surface area contributed by atoms with Crippen LogP contribution in [0.2, 0.25) is 0 Å². The molecule has 1 aromatic carbocycles. The van der Waals surface area contributed by atoms with Gasteiger partial charge in [-0.25, -0.2) is 0 Å². The van der Waals surface area contributed by atoms with Gasteiger partial charge in [-0.1, -0.05) is 0 Å². The standard InChI is InChI=1S/C13H14N2O5/c1-19-13-6-9(15(17)18)2-5-12(13)14-7-10-3-4-11(8-16)20-10/h2-6,14,16H,7-8H2,1H3. The van der Waals surface area contributed by atoms with E-state index in [-0.39, 0.29) is 12.3 Å². The first-order valence-corrected chi connectivity index (χ1v) is 5.88. The van der Waals surface area contributed by atoms with Gasteiger partial charge in [0.1, 0.15) is 23.9 Å². The number of ether oxygens (including phenoxy) is 1. The highest BCUT2D eigenvalue weighted by Crippen LogP contribution is 2.29. The Labute approximate surface area is 114 Å². The van der Waals surface area contributed by atoms with Crippen molar-refractivity contribution in [1.29, 1.82) is 0 Å². The van der Waals surface area contributed by atoms with Crippen LogP contribution in [-0.4, -0.2) is 17.1 Å². The Balaban J connectivity index is 2.10. The van der Waals surface area contributed by atoms with Gasteiger partial charge in [-0.3, -0.25) is 10.1 Å². The number of aliphatic hydroxyl groups is 1. The van der Waals surface area contributed by atoms with E-state index in [0.717, 1.165) is 0 Å². The lowest BCUT2D eigenvalue weighted by Crippen LogP contribution is -2.01. The molecule has 0 saturated heterocycles. The van der Waals surface area contributed by atoms with Crippen molar-refractivity contribution < 1.29 is 19.2 Å². The van der Waals surface area contributed by atoms with Gasteiger partial charge in [0.15, 0.2) is 0 Å². The van der Waals surface area contributed by atoms with Gasteiger partial charge in [0.05, 0.1) is 30.3 Å². The normalized spacial score (nSPS) is 10.3. The topological polar surface area (TPSA) is 97.8 Å². The molecule has 0 spiro atoms. The maximum Gasteiger partial charge on any atom is 0.273 e. The van der Waals surface area contributed by atoms with Gasteiger partial charge in [0, 0.05) is 6.07 Å². The summed E-state index contributed by atoms with van der Waals surface area (Å²) >= 11 is 0. The molecule has 0 aliphatic carbocycles. The van der Waals surface area contributed by atoms with Crippen LogP contribution in [0.15, 0.2) is 34.7 Å². The van der Waals surface area contributed by atoms with Crippen molar-refractivity contribution in [2.24, 2.45) is 0 Å². The minimum atomic E-state index is -0.480. The van der Waals surface area contributed by atoms with E-state index in [2.05, 4.69) is 5.32 Å². The van der Waals surface area contributed by atoms with E-state index in [1.165, 1.54) is 19.2 Å². The van der Waals surface area contributed by atoms with Crippen LogP contribution in [0, 0.1) is 10.1 Å². The van der Waals surface area contributed by atoms with Gasteiger partial charge in [0.2, 0.25) is 0 Å². The maximum atomic E-state index is 10.7. The first-order valence-electron chi connectivity index (χ1n) is 5.88. The lowest BCUT2D eigenvalue weighted by Gasteiger charge is -2.09. The molecule has 106 valence electrons. The van der Waals surface area contributed by atoms with E-state index in [0.29, 0.717) is 29.5 Å². The Morgan fingerprint density at radius 2 is 2.10 bits per heavy atom. The number of methoxy groups -OCH3 is 1. The molecule has 0 aliphatic rings. The van der Waals surface area contributed by atoms with Crippen molar-refractivity contribution in [2.45, 2.75) is 13.2 Å². The molecule has 7 heteroatoms. The summed E-state index contributed by atoms with van der Waals surface area (Å²) in [7, 11) is 1.45. The summed E-state index contributed by atoms with van der Waals surface area (Å²) in [6.45, 7) is 0.231. The summed E-state index contributed by atoms with van der Waals surface area (Å²) in [6.07, 6.45) is 0. The molecule has 0 aliphatic heterocycles. The first kappa shape index (κ1) is 13.9. The largest absolute Gasteiger partial charge is 0.494 e.